The normalized spacial score (nSPS) is 18.2. The number of aromatic nitrogens is 1. The number of likely N-dealkylation sites (tertiary alicyclic amines) is 1. The van der Waals surface area contributed by atoms with Gasteiger partial charge in [-0.2, -0.15) is 0 Å². The van der Waals surface area contributed by atoms with E-state index < -0.39 is 0 Å². The molecule has 1 saturated heterocycles. The van der Waals surface area contributed by atoms with Gasteiger partial charge in [0.1, 0.15) is 5.76 Å². The number of amides is 1. The average molecular weight is 298 g/mol. The van der Waals surface area contributed by atoms with Gasteiger partial charge in [0.05, 0.1) is 6.04 Å². The molecule has 4 nitrogen and oxygen atoms in total. The van der Waals surface area contributed by atoms with Gasteiger partial charge >= 0.3 is 0 Å². The maximum atomic E-state index is 12.8. The fourth-order valence-electron chi connectivity index (χ4n) is 3.04. The van der Waals surface area contributed by atoms with Crippen LogP contribution in [0, 0.1) is 6.92 Å². The molecular weight excluding hydrogens is 276 g/mol. The first-order valence-electron chi connectivity index (χ1n) is 7.90. The van der Waals surface area contributed by atoms with Crippen molar-refractivity contribution in [2.24, 2.45) is 0 Å². The van der Waals surface area contributed by atoms with Crippen LogP contribution in [-0.4, -0.2) is 22.5 Å². The molecule has 0 radical (unpaired) electrons. The summed E-state index contributed by atoms with van der Waals surface area (Å²) in [5.41, 5.74) is 2.85. The molecule has 22 heavy (non-hydrogen) atoms. The molecular formula is C18H22N2O2. The van der Waals surface area contributed by atoms with Gasteiger partial charge in [-0.3, -0.25) is 4.79 Å². The van der Waals surface area contributed by atoms with Crippen LogP contribution in [0.4, 0.5) is 0 Å². The number of hydrogen-bond acceptors (Lipinski definition) is 3. The van der Waals surface area contributed by atoms with E-state index in [0.29, 0.717) is 5.69 Å². The van der Waals surface area contributed by atoms with Crippen LogP contribution in [0.25, 0.3) is 0 Å². The number of carbonyl (C=O) groups is 1. The largest absolute Gasteiger partial charge is 0.360 e. The van der Waals surface area contributed by atoms with Crippen molar-refractivity contribution in [3.8, 4) is 0 Å². The summed E-state index contributed by atoms with van der Waals surface area (Å²) in [6.07, 6.45) is 2.03. The number of rotatable bonds is 3. The maximum Gasteiger partial charge on any atom is 0.276 e. The molecule has 1 amide bonds. The van der Waals surface area contributed by atoms with Gasteiger partial charge in [0, 0.05) is 18.5 Å². The summed E-state index contributed by atoms with van der Waals surface area (Å²) in [5.74, 6) is 0.967. The van der Waals surface area contributed by atoms with E-state index in [0.717, 1.165) is 25.1 Å². The van der Waals surface area contributed by atoms with E-state index in [2.05, 4.69) is 36.3 Å². The predicted octanol–water partition coefficient (Wildman–Crippen LogP) is 4.08. The van der Waals surface area contributed by atoms with Crippen LogP contribution in [0.1, 0.15) is 66.0 Å². The van der Waals surface area contributed by atoms with Gasteiger partial charge in [-0.25, -0.2) is 0 Å². The highest BCUT2D eigenvalue weighted by molar-refractivity contribution is 5.92. The van der Waals surface area contributed by atoms with Crippen LogP contribution < -0.4 is 0 Å². The summed E-state index contributed by atoms with van der Waals surface area (Å²) in [5, 5.41) is 3.96. The van der Waals surface area contributed by atoms with E-state index >= 15 is 0 Å². The Balaban J connectivity index is 1.84. The molecule has 1 fully saturated rings. The Morgan fingerprint density at radius 1 is 1.36 bits per heavy atom. The quantitative estimate of drug-likeness (QED) is 0.857. The topological polar surface area (TPSA) is 46.3 Å². The lowest BCUT2D eigenvalue weighted by Gasteiger charge is -2.24. The molecule has 2 heterocycles. The molecule has 0 N–H and O–H groups in total. The molecule has 2 aromatic rings. The molecule has 1 atom stereocenters. The fraction of sp³-hybridized carbons (Fsp3) is 0.444. The first-order valence-corrected chi connectivity index (χ1v) is 7.90. The fourth-order valence-corrected chi connectivity index (χ4v) is 3.04. The second-order valence-corrected chi connectivity index (χ2v) is 6.34. The minimum absolute atomic E-state index is 0.0281. The Morgan fingerprint density at radius 2 is 2.18 bits per heavy atom. The minimum atomic E-state index is -0.0281. The average Bonchev–Trinajstić information content (AvgIpc) is 3.16. The lowest BCUT2D eigenvalue weighted by atomic mass is 10.0. The standard InChI is InChI=1S/C18H22N2O2/c1-12(2)17-11-15(19-22-17)18(21)20-9-5-8-16(20)14-7-4-6-13(3)10-14/h4,6-7,10-12,16H,5,8-9H2,1-3H3. The number of aryl methyl sites for hydroxylation is 1. The monoisotopic (exact) mass is 298 g/mol. The van der Waals surface area contributed by atoms with Crippen LogP contribution in [-0.2, 0) is 0 Å². The zero-order chi connectivity index (χ0) is 15.7. The van der Waals surface area contributed by atoms with E-state index in [-0.39, 0.29) is 17.9 Å². The van der Waals surface area contributed by atoms with Crippen molar-refractivity contribution in [3.05, 3.63) is 52.9 Å². The summed E-state index contributed by atoms with van der Waals surface area (Å²) in [6, 6.07) is 10.3. The third-order valence-corrected chi connectivity index (χ3v) is 4.26. The van der Waals surface area contributed by atoms with Gasteiger partial charge in [0.25, 0.3) is 5.91 Å². The lowest BCUT2D eigenvalue weighted by molar-refractivity contribution is 0.0725. The maximum absolute atomic E-state index is 12.8. The smallest absolute Gasteiger partial charge is 0.276 e. The SMILES string of the molecule is Cc1cccc(C2CCCN2C(=O)c2cc(C(C)C)on2)c1. The molecule has 1 aliphatic heterocycles. The van der Waals surface area contributed by atoms with Crippen LogP contribution in [0.2, 0.25) is 0 Å². The van der Waals surface area contributed by atoms with E-state index in [1.54, 1.807) is 6.07 Å². The minimum Gasteiger partial charge on any atom is -0.360 e. The Kier molecular flexibility index (Phi) is 4.01. The summed E-state index contributed by atoms with van der Waals surface area (Å²) in [6.45, 7) is 6.92. The van der Waals surface area contributed by atoms with Gasteiger partial charge < -0.3 is 9.42 Å². The predicted molar refractivity (Wildman–Crippen MR) is 84.8 cm³/mol. The van der Waals surface area contributed by atoms with Crippen molar-refractivity contribution in [3.63, 3.8) is 0 Å². The Bertz CT molecular complexity index is 675. The van der Waals surface area contributed by atoms with E-state index in [9.17, 15) is 4.79 Å². The second-order valence-electron chi connectivity index (χ2n) is 6.34. The van der Waals surface area contributed by atoms with Gasteiger partial charge in [-0.05, 0) is 25.3 Å². The van der Waals surface area contributed by atoms with Crippen molar-refractivity contribution >= 4 is 5.91 Å². The van der Waals surface area contributed by atoms with Crippen molar-refractivity contribution in [1.29, 1.82) is 0 Å². The first kappa shape index (κ1) is 14.8. The van der Waals surface area contributed by atoms with Crippen LogP contribution in [0.15, 0.2) is 34.9 Å². The van der Waals surface area contributed by atoms with E-state index in [1.807, 2.05) is 18.7 Å². The van der Waals surface area contributed by atoms with Crippen molar-refractivity contribution in [2.45, 2.75) is 45.6 Å². The molecule has 3 rings (SSSR count). The first-order chi connectivity index (χ1) is 10.6. The highest BCUT2D eigenvalue weighted by atomic mass is 16.5. The van der Waals surface area contributed by atoms with Gasteiger partial charge in [-0.1, -0.05) is 48.8 Å². The number of benzene rings is 1. The molecule has 116 valence electrons. The zero-order valence-corrected chi connectivity index (χ0v) is 13.4. The van der Waals surface area contributed by atoms with E-state index in [4.69, 9.17) is 4.52 Å². The Labute approximate surface area is 131 Å². The molecule has 0 aliphatic carbocycles. The molecule has 1 aromatic heterocycles. The number of hydrogen-bond donors (Lipinski definition) is 0. The number of carbonyl (C=O) groups excluding carboxylic acids is 1. The van der Waals surface area contributed by atoms with Crippen LogP contribution in [0.5, 0.6) is 0 Å². The third kappa shape index (κ3) is 2.78. The third-order valence-electron chi connectivity index (χ3n) is 4.26. The zero-order valence-electron chi connectivity index (χ0n) is 13.4. The highest BCUT2D eigenvalue weighted by Crippen LogP contribution is 2.33. The van der Waals surface area contributed by atoms with E-state index in [1.165, 1.54) is 11.1 Å². The summed E-state index contributed by atoms with van der Waals surface area (Å²) < 4.78 is 5.27. The summed E-state index contributed by atoms with van der Waals surface area (Å²) in [4.78, 5) is 14.7. The van der Waals surface area contributed by atoms with Crippen molar-refractivity contribution in [2.75, 3.05) is 6.54 Å². The van der Waals surface area contributed by atoms with Gasteiger partial charge in [-0.15, -0.1) is 0 Å². The van der Waals surface area contributed by atoms with Gasteiger partial charge in [0.2, 0.25) is 0 Å². The highest BCUT2D eigenvalue weighted by Gasteiger charge is 2.32. The van der Waals surface area contributed by atoms with Crippen molar-refractivity contribution < 1.29 is 9.32 Å². The molecule has 0 bridgehead atoms. The summed E-state index contributed by atoms with van der Waals surface area (Å²) >= 11 is 0. The molecule has 1 unspecified atom stereocenters. The molecule has 0 saturated carbocycles. The Hall–Kier alpha value is -2.10. The van der Waals surface area contributed by atoms with Crippen LogP contribution >= 0.6 is 0 Å². The van der Waals surface area contributed by atoms with Crippen LogP contribution in [0.3, 0.4) is 0 Å². The Morgan fingerprint density at radius 3 is 2.86 bits per heavy atom. The molecule has 4 heteroatoms. The van der Waals surface area contributed by atoms with Gasteiger partial charge in [0.15, 0.2) is 5.69 Å². The molecule has 0 spiro atoms. The number of nitrogens with zero attached hydrogens (tertiary/aromatic N) is 2. The molecule has 1 aliphatic rings. The molecule has 1 aromatic carbocycles. The summed E-state index contributed by atoms with van der Waals surface area (Å²) in [7, 11) is 0. The second kappa shape index (κ2) is 5.95. The van der Waals surface area contributed by atoms with Crippen molar-refractivity contribution in [1.82, 2.24) is 10.1 Å². The lowest BCUT2D eigenvalue weighted by Crippen LogP contribution is -2.30.